The molecular formula is C18H20N2O3S. The average molecular weight is 344 g/mol. The van der Waals surface area contributed by atoms with Gasteiger partial charge in [-0.05, 0) is 37.5 Å². The number of hydrogen-bond donors (Lipinski definition) is 1. The lowest BCUT2D eigenvalue weighted by atomic mass is 9.94. The van der Waals surface area contributed by atoms with Crippen LogP contribution in [0.4, 0.5) is 5.13 Å². The lowest BCUT2D eigenvalue weighted by Crippen LogP contribution is -2.23. The van der Waals surface area contributed by atoms with Crippen molar-refractivity contribution in [2.75, 3.05) is 19.5 Å². The number of carbonyl (C=O) groups excluding carboxylic acids is 1. The molecule has 0 aliphatic heterocycles. The van der Waals surface area contributed by atoms with Gasteiger partial charge >= 0.3 is 0 Å². The van der Waals surface area contributed by atoms with E-state index < -0.39 is 0 Å². The van der Waals surface area contributed by atoms with E-state index in [1.807, 2.05) is 23.6 Å². The predicted octanol–water partition coefficient (Wildman–Crippen LogP) is 4.12. The van der Waals surface area contributed by atoms with Crippen LogP contribution in [0.5, 0.6) is 11.5 Å². The topological polar surface area (TPSA) is 60.5 Å². The molecule has 1 atom stereocenters. The molecule has 1 amide bonds. The van der Waals surface area contributed by atoms with Crippen molar-refractivity contribution in [2.45, 2.75) is 19.3 Å². The third kappa shape index (κ3) is 3.59. The van der Waals surface area contributed by atoms with E-state index in [4.69, 9.17) is 9.47 Å². The number of amides is 1. The van der Waals surface area contributed by atoms with Gasteiger partial charge in [-0.25, -0.2) is 4.98 Å². The number of allylic oxidation sites excluding steroid dienone is 2. The molecule has 0 fully saturated rings. The van der Waals surface area contributed by atoms with Crippen LogP contribution < -0.4 is 14.8 Å². The molecule has 1 aromatic carbocycles. The smallest absolute Gasteiger partial charge is 0.229 e. The lowest BCUT2D eigenvalue weighted by Gasteiger charge is -2.15. The van der Waals surface area contributed by atoms with Gasteiger partial charge in [0.1, 0.15) is 0 Å². The van der Waals surface area contributed by atoms with Crippen molar-refractivity contribution < 1.29 is 14.3 Å². The molecule has 0 saturated carbocycles. The quantitative estimate of drug-likeness (QED) is 0.829. The van der Waals surface area contributed by atoms with Crippen LogP contribution in [-0.2, 0) is 4.79 Å². The maximum Gasteiger partial charge on any atom is 0.229 e. The number of carbonyl (C=O) groups is 1. The van der Waals surface area contributed by atoms with E-state index in [2.05, 4.69) is 22.5 Å². The molecule has 0 saturated heterocycles. The van der Waals surface area contributed by atoms with E-state index in [1.165, 1.54) is 11.3 Å². The summed E-state index contributed by atoms with van der Waals surface area (Å²) in [5.41, 5.74) is 1.73. The molecule has 1 aromatic heterocycles. The number of methoxy groups -OCH3 is 2. The number of thiazole rings is 1. The molecule has 24 heavy (non-hydrogen) atoms. The fraction of sp³-hybridized carbons (Fsp3) is 0.333. The Balaban J connectivity index is 1.73. The zero-order valence-corrected chi connectivity index (χ0v) is 14.6. The van der Waals surface area contributed by atoms with E-state index in [1.54, 1.807) is 14.2 Å². The Morgan fingerprint density at radius 1 is 1.25 bits per heavy atom. The highest BCUT2D eigenvalue weighted by atomic mass is 32.1. The second kappa shape index (κ2) is 7.49. The summed E-state index contributed by atoms with van der Waals surface area (Å²) in [5, 5.41) is 5.48. The van der Waals surface area contributed by atoms with Gasteiger partial charge in [0.05, 0.1) is 19.9 Å². The third-order valence-electron chi connectivity index (χ3n) is 4.05. The van der Waals surface area contributed by atoms with E-state index in [0.29, 0.717) is 16.6 Å². The third-order valence-corrected chi connectivity index (χ3v) is 4.81. The van der Waals surface area contributed by atoms with Gasteiger partial charge in [-0.3, -0.25) is 4.79 Å². The Morgan fingerprint density at radius 3 is 2.79 bits per heavy atom. The van der Waals surface area contributed by atoms with Gasteiger partial charge in [-0.1, -0.05) is 12.2 Å². The number of rotatable bonds is 5. The summed E-state index contributed by atoms with van der Waals surface area (Å²) in [5.74, 6) is 1.42. The van der Waals surface area contributed by atoms with Crippen molar-refractivity contribution in [3.8, 4) is 22.8 Å². The minimum absolute atomic E-state index is 0.0448. The number of nitrogens with one attached hydrogen (secondary N) is 1. The molecule has 1 heterocycles. The minimum atomic E-state index is 0.0448. The Bertz CT molecular complexity index is 754. The Hall–Kier alpha value is -2.34. The number of hydrogen-bond acceptors (Lipinski definition) is 5. The maximum atomic E-state index is 12.3. The largest absolute Gasteiger partial charge is 0.493 e. The molecule has 1 N–H and O–H groups in total. The van der Waals surface area contributed by atoms with Gasteiger partial charge in [0, 0.05) is 16.9 Å². The van der Waals surface area contributed by atoms with Crippen LogP contribution in [0.3, 0.4) is 0 Å². The van der Waals surface area contributed by atoms with Crippen molar-refractivity contribution in [1.82, 2.24) is 4.98 Å². The number of ether oxygens (including phenoxy) is 2. The van der Waals surface area contributed by atoms with Gasteiger partial charge in [-0.15, -0.1) is 11.3 Å². The highest BCUT2D eigenvalue weighted by Crippen LogP contribution is 2.33. The maximum absolute atomic E-state index is 12.3. The predicted molar refractivity (Wildman–Crippen MR) is 95.8 cm³/mol. The zero-order valence-electron chi connectivity index (χ0n) is 13.7. The van der Waals surface area contributed by atoms with Crippen molar-refractivity contribution in [1.29, 1.82) is 0 Å². The first-order valence-electron chi connectivity index (χ1n) is 7.85. The number of benzene rings is 1. The SMILES string of the molecule is COc1ccc(-c2csc(NC(=O)C3CC=CCC3)n2)cc1OC. The Morgan fingerprint density at radius 2 is 2.08 bits per heavy atom. The molecule has 0 radical (unpaired) electrons. The van der Waals surface area contributed by atoms with Crippen molar-refractivity contribution in [3.05, 3.63) is 35.7 Å². The first-order chi connectivity index (χ1) is 11.7. The average Bonchev–Trinajstić information content (AvgIpc) is 3.10. The second-order valence-electron chi connectivity index (χ2n) is 5.58. The number of aromatic nitrogens is 1. The number of anilines is 1. The fourth-order valence-corrected chi connectivity index (χ4v) is 3.42. The van der Waals surface area contributed by atoms with Crippen molar-refractivity contribution in [3.63, 3.8) is 0 Å². The summed E-state index contributed by atoms with van der Waals surface area (Å²) in [6.45, 7) is 0. The van der Waals surface area contributed by atoms with Crippen molar-refractivity contribution in [2.24, 2.45) is 5.92 Å². The van der Waals surface area contributed by atoms with E-state index >= 15 is 0 Å². The molecule has 3 rings (SSSR count). The summed E-state index contributed by atoms with van der Waals surface area (Å²) in [6.07, 6.45) is 6.87. The van der Waals surface area contributed by atoms with Crippen LogP contribution in [0.25, 0.3) is 11.3 Å². The summed E-state index contributed by atoms with van der Waals surface area (Å²) in [7, 11) is 3.21. The zero-order chi connectivity index (χ0) is 16.9. The monoisotopic (exact) mass is 344 g/mol. The molecule has 126 valence electrons. The van der Waals surface area contributed by atoms with Crippen LogP contribution in [0.2, 0.25) is 0 Å². The summed E-state index contributed by atoms with van der Waals surface area (Å²) >= 11 is 1.43. The van der Waals surface area contributed by atoms with E-state index in [9.17, 15) is 4.79 Å². The molecule has 0 bridgehead atoms. The first-order valence-corrected chi connectivity index (χ1v) is 8.73. The molecule has 2 aromatic rings. The van der Waals surface area contributed by atoms with Crippen LogP contribution in [-0.4, -0.2) is 25.1 Å². The lowest BCUT2D eigenvalue weighted by molar-refractivity contribution is -0.120. The standard InChI is InChI=1S/C18H20N2O3S/c1-22-15-9-8-13(10-16(15)23-2)14-11-24-18(19-14)20-17(21)12-6-4-3-5-7-12/h3-4,8-12H,5-7H2,1-2H3,(H,19,20,21). The molecule has 1 unspecified atom stereocenters. The Labute approximate surface area is 145 Å². The highest BCUT2D eigenvalue weighted by Gasteiger charge is 2.20. The summed E-state index contributed by atoms with van der Waals surface area (Å²) in [4.78, 5) is 16.8. The summed E-state index contributed by atoms with van der Waals surface area (Å²) < 4.78 is 10.6. The van der Waals surface area contributed by atoms with E-state index in [0.717, 1.165) is 30.5 Å². The first kappa shape index (κ1) is 16.5. The van der Waals surface area contributed by atoms with Crippen LogP contribution in [0.1, 0.15) is 19.3 Å². The second-order valence-corrected chi connectivity index (χ2v) is 6.44. The van der Waals surface area contributed by atoms with Gasteiger partial charge < -0.3 is 14.8 Å². The fourth-order valence-electron chi connectivity index (χ4n) is 2.70. The number of nitrogens with zero attached hydrogens (tertiary/aromatic N) is 1. The molecule has 1 aliphatic rings. The molecule has 6 heteroatoms. The van der Waals surface area contributed by atoms with Crippen LogP contribution in [0.15, 0.2) is 35.7 Å². The molecule has 1 aliphatic carbocycles. The van der Waals surface area contributed by atoms with Crippen LogP contribution in [0, 0.1) is 5.92 Å². The molecule has 0 spiro atoms. The highest BCUT2D eigenvalue weighted by molar-refractivity contribution is 7.14. The summed E-state index contributed by atoms with van der Waals surface area (Å²) in [6, 6.07) is 5.65. The van der Waals surface area contributed by atoms with Gasteiger partial charge in [0.2, 0.25) is 5.91 Å². The molecule has 5 nitrogen and oxygen atoms in total. The van der Waals surface area contributed by atoms with Crippen LogP contribution >= 0.6 is 11.3 Å². The van der Waals surface area contributed by atoms with Gasteiger partial charge in [0.15, 0.2) is 16.6 Å². The minimum Gasteiger partial charge on any atom is -0.493 e. The van der Waals surface area contributed by atoms with Gasteiger partial charge in [0.25, 0.3) is 0 Å². The van der Waals surface area contributed by atoms with Gasteiger partial charge in [-0.2, -0.15) is 0 Å². The van der Waals surface area contributed by atoms with E-state index in [-0.39, 0.29) is 11.8 Å². The van der Waals surface area contributed by atoms with Crippen molar-refractivity contribution >= 4 is 22.4 Å². The Kier molecular flexibility index (Phi) is 5.15. The molecular weight excluding hydrogens is 324 g/mol. The normalized spacial score (nSPS) is 16.7.